The first kappa shape index (κ1) is 10.7. The van der Waals surface area contributed by atoms with Crippen molar-refractivity contribution in [3.8, 4) is 12.3 Å². The zero-order valence-corrected chi connectivity index (χ0v) is 8.91. The van der Waals surface area contributed by atoms with Crippen LogP contribution >= 0.6 is 15.9 Å². The Hall–Kier alpha value is -1.41. The van der Waals surface area contributed by atoms with Crippen LogP contribution in [-0.2, 0) is 0 Å². The highest BCUT2D eigenvalue weighted by Crippen LogP contribution is 2.10. The van der Waals surface area contributed by atoms with Gasteiger partial charge in [-0.3, -0.25) is 4.79 Å². The smallest absolute Gasteiger partial charge is 0.271 e. The van der Waals surface area contributed by atoms with Gasteiger partial charge in [0.15, 0.2) is 0 Å². The average Bonchev–Trinajstić information content (AvgIpc) is 2.18. The van der Waals surface area contributed by atoms with E-state index in [0.29, 0.717) is 23.1 Å². The molecule has 0 aromatic carbocycles. The van der Waals surface area contributed by atoms with Crippen LogP contribution in [0.1, 0.15) is 16.9 Å². The Kier molecular flexibility index (Phi) is 4.08. The summed E-state index contributed by atoms with van der Waals surface area (Å²) in [5.74, 6) is 2.17. The summed E-state index contributed by atoms with van der Waals surface area (Å²) in [6, 6.07) is 0. The van der Waals surface area contributed by atoms with Crippen molar-refractivity contribution in [2.45, 2.75) is 6.42 Å². The van der Waals surface area contributed by atoms with Crippen LogP contribution in [0.4, 0.5) is 0 Å². The Balaban J connectivity index is 2.62. The van der Waals surface area contributed by atoms with E-state index in [9.17, 15) is 4.79 Å². The van der Waals surface area contributed by atoms with Gasteiger partial charge in [-0.1, -0.05) is 0 Å². The van der Waals surface area contributed by atoms with Gasteiger partial charge in [0.25, 0.3) is 5.91 Å². The second-order valence-electron chi connectivity index (χ2n) is 2.43. The van der Waals surface area contributed by atoms with Crippen molar-refractivity contribution in [3.63, 3.8) is 0 Å². The molecule has 5 heteroatoms. The van der Waals surface area contributed by atoms with Crippen molar-refractivity contribution < 1.29 is 4.79 Å². The topological polar surface area (TPSA) is 54.9 Å². The van der Waals surface area contributed by atoms with Crippen molar-refractivity contribution in [2.24, 2.45) is 0 Å². The summed E-state index contributed by atoms with van der Waals surface area (Å²) in [5.41, 5.74) is 0.317. The molecule has 0 aliphatic rings. The standard InChI is InChI=1S/C9H8BrN3O/c1-2-3-4-12-9(14)8-7(10)5-11-6-13-8/h1,5-6H,3-4H2,(H,12,14). The Bertz CT molecular complexity index is 373. The fraction of sp³-hybridized carbons (Fsp3) is 0.222. The summed E-state index contributed by atoms with van der Waals surface area (Å²) < 4.78 is 0.568. The second kappa shape index (κ2) is 5.35. The van der Waals surface area contributed by atoms with Gasteiger partial charge in [-0.25, -0.2) is 9.97 Å². The highest BCUT2D eigenvalue weighted by atomic mass is 79.9. The Morgan fingerprint density at radius 2 is 2.50 bits per heavy atom. The molecule has 0 atom stereocenters. The Morgan fingerprint density at radius 1 is 1.71 bits per heavy atom. The van der Waals surface area contributed by atoms with Gasteiger partial charge in [-0.15, -0.1) is 12.3 Å². The van der Waals surface area contributed by atoms with E-state index >= 15 is 0 Å². The lowest BCUT2D eigenvalue weighted by atomic mass is 10.3. The van der Waals surface area contributed by atoms with Crippen LogP contribution in [0, 0.1) is 12.3 Å². The van der Waals surface area contributed by atoms with Gasteiger partial charge in [0.05, 0.1) is 4.47 Å². The largest absolute Gasteiger partial charge is 0.350 e. The third-order valence-corrected chi connectivity index (χ3v) is 2.02. The monoisotopic (exact) mass is 253 g/mol. The van der Waals surface area contributed by atoms with Gasteiger partial charge in [0.1, 0.15) is 12.0 Å². The van der Waals surface area contributed by atoms with Gasteiger partial charge in [0.2, 0.25) is 0 Å². The molecule has 1 aromatic heterocycles. The first-order chi connectivity index (χ1) is 6.75. The minimum absolute atomic E-state index is 0.255. The molecule has 0 spiro atoms. The predicted molar refractivity (Wildman–Crippen MR) is 55.5 cm³/mol. The lowest BCUT2D eigenvalue weighted by Crippen LogP contribution is -2.25. The van der Waals surface area contributed by atoms with E-state index in [1.165, 1.54) is 12.5 Å². The molecule has 72 valence electrons. The van der Waals surface area contributed by atoms with Gasteiger partial charge in [-0.2, -0.15) is 0 Å². The van der Waals surface area contributed by atoms with Gasteiger partial charge in [-0.05, 0) is 15.9 Å². The Labute approximate surface area is 90.3 Å². The third kappa shape index (κ3) is 2.82. The summed E-state index contributed by atoms with van der Waals surface area (Å²) in [4.78, 5) is 19.0. The van der Waals surface area contributed by atoms with Crippen molar-refractivity contribution >= 4 is 21.8 Å². The maximum atomic E-state index is 11.4. The van der Waals surface area contributed by atoms with Gasteiger partial charge >= 0.3 is 0 Å². The van der Waals surface area contributed by atoms with Crippen molar-refractivity contribution in [2.75, 3.05) is 6.54 Å². The van der Waals surface area contributed by atoms with Gasteiger partial charge < -0.3 is 5.32 Å². The summed E-state index contributed by atoms with van der Waals surface area (Å²) in [5, 5.41) is 2.64. The number of nitrogens with zero attached hydrogens (tertiary/aromatic N) is 2. The highest BCUT2D eigenvalue weighted by Gasteiger charge is 2.09. The molecular formula is C9H8BrN3O. The maximum Gasteiger partial charge on any atom is 0.271 e. The quantitative estimate of drug-likeness (QED) is 0.646. The van der Waals surface area contributed by atoms with E-state index in [2.05, 4.69) is 37.1 Å². The maximum absolute atomic E-state index is 11.4. The summed E-state index contributed by atoms with van der Waals surface area (Å²) in [6.07, 6.45) is 8.39. The van der Waals surface area contributed by atoms with Crippen molar-refractivity contribution in [1.29, 1.82) is 0 Å². The molecule has 0 saturated heterocycles. The molecule has 0 aliphatic heterocycles. The van der Waals surface area contributed by atoms with E-state index in [4.69, 9.17) is 6.42 Å². The minimum Gasteiger partial charge on any atom is -0.350 e. The van der Waals surface area contributed by atoms with Crippen LogP contribution < -0.4 is 5.32 Å². The molecule has 0 unspecified atom stereocenters. The molecule has 1 rings (SSSR count). The van der Waals surface area contributed by atoms with E-state index in [0.717, 1.165) is 0 Å². The third-order valence-electron chi connectivity index (χ3n) is 1.44. The van der Waals surface area contributed by atoms with Gasteiger partial charge in [0, 0.05) is 19.2 Å². The lowest BCUT2D eigenvalue weighted by molar-refractivity contribution is 0.0948. The SMILES string of the molecule is C#CCCNC(=O)c1ncncc1Br. The molecule has 0 aliphatic carbocycles. The number of carbonyl (C=O) groups is 1. The van der Waals surface area contributed by atoms with E-state index in [1.54, 1.807) is 0 Å². The number of carbonyl (C=O) groups excluding carboxylic acids is 1. The number of nitrogens with one attached hydrogen (secondary N) is 1. The second-order valence-corrected chi connectivity index (χ2v) is 3.28. The fourth-order valence-corrected chi connectivity index (χ4v) is 1.21. The number of aromatic nitrogens is 2. The van der Waals surface area contributed by atoms with Crippen molar-refractivity contribution in [1.82, 2.24) is 15.3 Å². The molecule has 1 heterocycles. The molecular weight excluding hydrogens is 246 g/mol. The minimum atomic E-state index is -0.255. The van der Waals surface area contributed by atoms with Crippen LogP contribution in [0.2, 0.25) is 0 Å². The Morgan fingerprint density at radius 3 is 3.14 bits per heavy atom. The first-order valence-corrected chi connectivity index (χ1v) is 4.72. The molecule has 0 bridgehead atoms. The summed E-state index contributed by atoms with van der Waals surface area (Å²) in [6.45, 7) is 0.450. The molecule has 1 amide bonds. The highest BCUT2D eigenvalue weighted by molar-refractivity contribution is 9.10. The van der Waals surface area contributed by atoms with Crippen molar-refractivity contribution in [3.05, 3.63) is 22.7 Å². The number of hydrogen-bond donors (Lipinski definition) is 1. The van der Waals surface area contributed by atoms with E-state index in [1.807, 2.05) is 0 Å². The predicted octanol–water partition coefficient (Wildman–Crippen LogP) is 0.992. The summed E-state index contributed by atoms with van der Waals surface area (Å²) >= 11 is 3.18. The number of terminal acetylenes is 1. The molecule has 0 fully saturated rings. The summed E-state index contributed by atoms with van der Waals surface area (Å²) in [7, 11) is 0. The van der Waals surface area contributed by atoms with Crippen LogP contribution in [0.15, 0.2) is 17.0 Å². The van der Waals surface area contributed by atoms with Crippen LogP contribution in [0.3, 0.4) is 0 Å². The zero-order valence-electron chi connectivity index (χ0n) is 7.33. The molecule has 1 aromatic rings. The van der Waals surface area contributed by atoms with E-state index in [-0.39, 0.29) is 5.91 Å². The normalized spacial score (nSPS) is 9.14. The average molecular weight is 254 g/mol. The molecule has 14 heavy (non-hydrogen) atoms. The number of rotatable bonds is 3. The van der Waals surface area contributed by atoms with Crippen LogP contribution in [-0.4, -0.2) is 22.4 Å². The number of hydrogen-bond acceptors (Lipinski definition) is 3. The molecule has 0 saturated carbocycles. The molecule has 1 N–H and O–H groups in total. The zero-order chi connectivity index (χ0) is 10.4. The van der Waals surface area contributed by atoms with E-state index < -0.39 is 0 Å². The van der Waals surface area contributed by atoms with Crippen LogP contribution in [0.5, 0.6) is 0 Å². The number of halogens is 1. The lowest BCUT2D eigenvalue weighted by Gasteiger charge is -2.02. The number of amides is 1. The van der Waals surface area contributed by atoms with Crippen LogP contribution in [0.25, 0.3) is 0 Å². The molecule has 0 radical (unpaired) electrons. The fourth-order valence-electron chi connectivity index (χ4n) is 0.812. The molecule has 4 nitrogen and oxygen atoms in total. The first-order valence-electron chi connectivity index (χ1n) is 3.93.